The molecule has 0 aliphatic heterocycles. The Kier molecular flexibility index (Phi) is 3.57. The predicted octanol–water partition coefficient (Wildman–Crippen LogP) is 2.56. The zero-order valence-corrected chi connectivity index (χ0v) is 11.0. The number of nitrogens with two attached hydrogens (primary N) is 1. The Morgan fingerprint density at radius 2 is 2.24 bits per heavy atom. The van der Waals surface area contributed by atoms with Gasteiger partial charge in [0.15, 0.2) is 5.96 Å². The standard InChI is InChI=1S/C13H18ClN3/c1-9-7-10(3-6-12(9)14)8-16-13(15)17(2)11-4-5-11/h3,6-7,11H,4-5,8H2,1-2H3,(H2,15,16). The van der Waals surface area contributed by atoms with Crippen LogP contribution in [0.1, 0.15) is 24.0 Å². The van der Waals surface area contributed by atoms with E-state index in [2.05, 4.69) is 16.0 Å². The Morgan fingerprint density at radius 3 is 2.82 bits per heavy atom. The Balaban J connectivity index is 2.00. The molecule has 0 saturated heterocycles. The normalized spacial score (nSPS) is 16.1. The molecule has 1 aromatic rings. The van der Waals surface area contributed by atoms with Crippen LogP contribution in [0.15, 0.2) is 23.2 Å². The highest BCUT2D eigenvalue weighted by Gasteiger charge is 2.27. The molecule has 1 saturated carbocycles. The molecule has 1 fully saturated rings. The lowest BCUT2D eigenvalue weighted by atomic mass is 10.1. The first-order valence-electron chi connectivity index (χ1n) is 5.85. The Hall–Kier alpha value is -1.22. The Morgan fingerprint density at radius 1 is 1.53 bits per heavy atom. The minimum Gasteiger partial charge on any atom is -0.370 e. The van der Waals surface area contributed by atoms with E-state index in [0.717, 1.165) is 16.1 Å². The summed E-state index contributed by atoms with van der Waals surface area (Å²) in [5.74, 6) is 0.625. The van der Waals surface area contributed by atoms with Crippen molar-refractivity contribution in [3.63, 3.8) is 0 Å². The van der Waals surface area contributed by atoms with Crippen LogP contribution in [0.3, 0.4) is 0 Å². The van der Waals surface area contributed by atoms with Crippen LogP contribution in [0.4, 0.5) is 0 Å². The van der Waals surface area contributed by atoms with Crippen LogP contribution in [-0.4, -0.2) is 23.9 Å². The summed E-state index contributed by atoms with van der Waals surface area (Å²) < 4.78 is 0. The summed E-state index contributed by atoms with van der Waals surface area (Å²) in [4.78, 5) is 6.46. The molecule has 0 heterocycles. The molecular formula is C13H18ClN3. The van der Waals surface area contributed by atoms with E-state index < -0.39 is 0 Å². The van der Waals surface area contributed by atoms with Crippen LogP contribution in [0.5, 0.6) is 0 Å². The number of benzene rings is 1. The average Bonchev–Trinajstić information content (AvgIpc) is 3.13. The first-order valence-corrected chi connectivity index (χ1v) is 6.23. The molecule has 0 spiro atoms. The second-order valence-corrected chi connectivity index (χ2v) is 5.01. The highest BCUT2D eigenvalue weighted by Crippen LogP contribution is 2.25. The SMILES string of the molecule is Cc1cc(CN=C(N)N(C)C2CC2)ccc1Cl. The van der Waals surface area contributed by atoms with Crippen molar-refractivity contribution in [2.75, 3.05) is 7.05 Å². The highest BCUT2D eigenvalue weighted by atomic mass is 35.5. The highest BCUT2D eigenvalue weighted by molar-refractivity contribution is 6.31. The lowest BCUT2D eigenvalue weighted by molar-refractivity contribution is 0.487. The van der Waals surface area contributed by atoms with Gasteiger partial charge in [0.1, 0.15) is 0 Å². The molecule has 1 aliphatic rings. The van der Waals surface area contributed by atoms with Gasteiger partial charge in [0, 0.05) is 18.1 Å². The quantitative estimate of drug-likeness (QED) is 0.663. The van der Waals surface area contributed by atoms with Gasteiger partial charge in [-0.25, -0.2) is 4.99 Å². The molecular weight excluding hydrogens is 234 g/mol. The van der Waals surface area contributed by atoms with Gasteiger partial charge >= 0.3 is 0 Å². The second-order valence-electron chi connectivity index (χ2n) is 4.60. The number of aliphatic imine (C=N–C) groups is 1. The molecule has 0 aromatic heterocycles. The number of aryl methyl sites for hydroxylation is 1. The number of rotatable bonds is 3. The van der Waals surface area contributed by atoms with E-state index in [9.17, 15) is 0 Å². The topological polar surface area (TPSA) is 41.6 Å². The third-order valence-electron chi connectivity index (χ3n) is 3.10. The van der Waals surface area contributed by atoms with Gasteiger partial charge in [-0.3, -0.25) is 0 Å². The van der Waals surface area contributed by atoms with E-state index in [0.29, 0.717) is 18.5 Å². The fraction of sp³-hybridized carbons (Fsp3) is 0.462. The first-order chi connectivity index (χ1) is 8.08. The van der Waals surface area contributed by atoms with Gasteiger partial charge < -0.3 is 10.6 Å². The van der Waals surface area contributed by atoms with Gasteiger partial charge in [0.25, 0.3) is 0 Å². The third kappa shape index (κ3) is 3.13. The van der Waals surface area contributed by atoms with Crippen molar-refractivity contribution in [1.82, 2.24) is 4.90 Å². The monoisotopic (exact) mass is 251 g/mol. The minimum atomic E-state index is 0.603. The van der Waals surface area contributed by atoms with Gasteiger partial charge in [-0.15, -0.1) is 0 Å². The van der Waals surface area contributed by atoms with Gasteiger partial charge in [-0.1, -0.05) is 23.7 Å². The maximum atomic E-state index is 5.97. The molecule has 2 N–H and O–H groups in total. The summed E-state index contributed by atoms with van der Waals surface area (Å²) in [6, 6.07) is 6.55. The summed E-state index contributed by atoms with van der Waals surface area (Å²) in [6.07, 6.45) is 2.46. The largest absolute Gasteiger partial charge is 0.370 e. The number of guanidine groups is 1. The Bertz CT molecular complexity index is 438. The van der Waals surface area contributed by atoms with E-state index in [1.54, 1.807) is 0 Å². The van der Waals surface area contributed by atoms with Crippen LogP contribution in [0, 0.1) is 6.92 Å². The van der Waals surface area contributed by atoms with E-state index >= 15 is 0 Å². The number of hydrogen-bond acceptors (Lipinski definition) is 1. The second kappa shape index (κ2) is 4.96. The maximum Gasteiger partial charge on any atom is 0.191 e. The van der Waals surface area contributed by atoms with Crippen molar-refractivity contribution in [1.29, 1.82) is 0 Å². The molecule has 2 rings (SSSR count). The number of hydrogen-bond donors (Lipinski definition) is 1. The van der Waals surface area contributed by atoms with Gasteiger partial charge in [0.05, 0.1) is 6.54 Å². The molecule has 4 heteroatoms. The van der Waals surface area contributed by atoms with Crippen LogP contribution >= 0.6 is 11.6 Å². The van der Waals surface area contributed by atoms with Crippen LogP contribution in [-0.2, 0) is 6.54 Å². The smallest absolute Gasteiger partial charge is 0.191 e. The van der Waals surface area contributed by atoms with Crippen LogP contribution in [0.25, 0.3) is 0 Å². The average molecular weight is 252 g/mol. The van der Waals surface area contributed by atoms with Crippen molar-refractivity contribution in [3.8, 4) is 0 Å². The zero-order chi connectivity index (χ0) is 12.4. The first kappa shape index (κ1) is 12.2. The molecule has 0 atom stereocenters. The summed E-state index contributed by atoms with van der Waals surface area (Å²) in [5.41, 5.74) is 8.14. The van der Waals surface area contributed by atoms with Crippen LogP contribution < -0.4 is 5.73 Å². The molecule has 0 amide bonds. The molecule has 1 aromatic carbocycles. The molecule has 0 bridgehead atoms. The molecule has 92 valence electrons. The maximum absolute atomic E-state index is 5.97. The van der Waals surface area contributed by atoms with E-state index in [1.807, 2.05) is 26.1 Å². The summed E-state index contributed by atoms with van der Waals surface area (Å²) >= 11 is 5.97. The van der Waals surface area contributed by atoms with Crippen molar-refractivity contribution < 1.29 is 0 Å². The fourth-order valence-corrected chi connectivity index (χ4v) is 1.86. The van der Waals surface area contributed by atoms with E-state index in [-0.39, 0.29) is 0 Å². The molecule has 17 heavy (non-hydrogen) atoms. The van der Waals surface area contributed by atoms with Crippen molar-refractivity contribution in [3.05, 3.63) is 34.3 Å². The molecule has 0 unspecified atom stereocenters. The summed E-state index contributed by atoms with van der Waals surface area (Å²) in [6.45, 7) is 2.61. The van der Waals surface area contributed by atoms with Gasteiger partial charge in [0.2, 0.25) is 0 Å². The van der Waals surface area contributed by atoms with Gasteiger partial charge in [-0.2, -0.15) is 0 Å². The summed E-state index contributed by atoms with van der Waals surface area (Å²) in [7, 11) is 2.00. The summed E-state index contributed by atoms with van der Waals surface area (Å²) in [5, 5.41) is 0.792. The van der Waals surface area contributed by atoms with Crippen molar-refractivity contribution in [2.45, 2.75) is 32.4 Å². The zero-order valence-electron chi connectivity index (χ0n) is 10.3. The lowest BCUT2D eigenvalue weighted by Crippen LogP contribution is -2.35. The van der Waals surface area contributed by atoms with E-state index in [4.69, 9.17) is 17.3 Å². The third-order valence-corrected chi connectivity index (χ3v) is 3.53. The minimum absolute atomic E-state index is 0.603. The predicted molar refractivity (Wildman–Crippen MR) is 72.3 cm³/mol. The molecule has 0 radical (unpaired) electrons. The molecule has 1 aliphatic carbocycles. The lowest BCUT2D eigenvalue weighted by Gasteiger charge is -2.16. The van der Waals surface area contributed by atoms with Crippen molar-refractivity contribution >= 4 is 17.6 Å². The molecule has 3 nitrogen and oxygen atoms in total. The van der Waals surface area contributed by atoms with Gasteiger partial charge in [-0.05, 0) is 37.0 Å². The number of halogens is 1. The Labute approximate surface area is 107 Å². The van der Waals surface area contributed by atoms with Crippen molar-refractivity contribution in [2.24, 2.45) is 10.7 Å². The number of nitrogens with zero attached hydrogens (tertiary/aromatic N) is 2. The fourth-order valence-electron chi connectivity index (χ4n) is 1.74. The van der Waals surface area contributed by atoms with Crippen LogP contribution in [0.2, 0.25) is 5.02 Å². The van der Waals surface area contributed by atoms with E-state index in [1.165, 1.54) is 12.8 Å².